The first-order chi connectivity index (χ1) is 13.6. The Kier molecular flexibility index (Phi) is 6.67. The summed E-state index contributed by atoms with van der Waals surface area (Å²) in [5, 5.41) is 0. The number of carbonyl (C=O) groups is 1. The van der Waals surface area contributed by atoms with Crippen LogP contribution in [0.3, 0.4) is 0 Å². The number of hydrogen-bond donors (Lipinski definition) is 0. The molecule has 0 aliphatic heterocycles. The Hall–Kier alpha value is -2.41. The van der Waals surface area contributed by atoms with Crippen LogP contribution in [0.4, 0.5) is 0 Å². The van der Waals surface area contributed by atoms with Crippen LogP contribution >= 0.6 is 0 Å². The van der Waals surface area contributed by atoms with Crippen LogP contribution in [0.25, 0.3) is 12.2 Å². The average molecular weight is 373 g/mol. The van der Waals surface area contributed by atoms with Crippen LogP contribution in [0, 0.1) is 0 Å². The zero-order valence-electron chi connectivity index (χ0n) is 17.8. The van der Waals surface area contributed by atoms with Gasteiger partial charge in [-0.25, -0.2) is 0 Å². The molecule has 1 saturated carbocycles. The molecule has 0 N–H and O–H groups in total. The molecule has 1 aliphatic rings. The Balaban J connectivity index is 1.89. The molecule has 0 bridgehead atoms. The van der Waals surface area contributed by atoms with Gasteiger partial charge in [0.05, 0.1) is 0 Å². The summed E-state index contributed by atoms with van der Waals surface area (Å²) in [5.41, 5.74) is 9.69. The van der Waals surface area contributed by atoms with Crippen LogP contribution in [0.1, 0.15) is 73.9 Å². The number of benzene rings is 2. The minimum absolute atomic E-state index is 0.225. The molecule has 28 heavy (non-hydrogen) atoms. The molecule has 0 aromatic heterocycles. The van der Waals surface area contributed by atoms with E-state index in [1.807, 2.05) is 0 Å². The van der Waals surface area contributed by atoms with E-state index in [0.29, 0.717) is 0 Å². The highest BCUT2D eigenvalue weighted by atomic mass is 16.1. The summed E-state index contributed by atoms with van der Waals surface area (Å²) >= 11 is 0. The zero-order valence-corrected chi connectivity index (χ0v) is 17.8. The van der Waals surface area contributed by atoms with E-state index in [1.54, 1.807) is 0 Å². The van der Waals surface area contributed by atoms with Crippen molar-refractivity contribution in [1.29, 1.82) is 0 Å². The predicted molar refractivity (Wildman–Crippen MR) is 121 cm³/mol. The highest BCUT2D eigenvalue weighted by molar-refractivity contribution is 6.15. The first-order valence-corrected chi connectivity index (χ1v) is 10.8. The van der Waals surface area contributed by atoms with Crippen LogP contribution in [0.2, 0.25) is 0 Å². The van der Waals surface area contributed by atoms with Gasteiger partial charge in [-0.2, -0.15) is 0 Å². The molecule has 0 heterocycles. The quantitative estimate of drug-likeness (QED) is 0.512. The van der Waals surface area contributed by atoms with Gasteiger partial charge < -0.3 is 0 Å². The molecular formula is C27H32O. The van der Waals surface area contributed by atoms with Crippen LogP contribution in [0.15, 0.2) is 47.5 Å². The molecule has 0 spiro atoms. The van der Waals surface area contributed by atoms with E-state index in [0.717, 1.165) is 49.7 Å². The molecule has 1 heteroatoms. The molecule has 0 atom stereocenters. The Bertz CT molecular complexity index is 852. The maximum absolute atomic E-state index is 13.0. The number of rotatable bonds is 6. The van der Waals surface area contributed by atoms with Crippen LogP contribution in [-0.2, 0) is 30.5 Å². The lowest BCUT2D eigenvalue weighted by Crippen LogP contribution is -1.98. The van der Waals surface area contributed by atoms with Crippen molar-refractivity contribution >= 4 is 17.9 Å². The topological polar surface area (TPSA) is 17.1 Å². The van der Waals surface area contributed by atoms with Crippen molar-refractivity contribution in [2.24, 2.45) is 0 Å². The number of aryl methyl sites for hydroxylation is 4. The van der Waals surface area contributed by atoms with Crippen molar-refractivity contribution in [3.63, 3.8) is 0 Å². The fourth-order valence-electron chi connectivity index (χ4n) is 4.01. The van der Waals surface area contributed by atoms with Crippen molar-refractivity contribution < 1.29 is 4.79 Å². The third kappa shape index (κ3) is 4.35. The van der Waals surface area contributed by atoms with E-state index in [-0.39, 0.29) is 5.78 Å². The summed E-state index contributed by atoms with van der Waals surface area (Å²) in [6, 6.07) is 13.3. The molecule has 0 radical (unpaired) electrons. The standard InChI is InChI=1S/C27H32O/c1-5-19-9-11-23(21(7-3)15-19)17-25-13-14-26(27(25)28)18-24-12-10-20(6-2)16-22(24)8-4/h9-12,15-18H,5-8,13-14H2,1-4H3/b25-17+,26-18+. The van der Waals surface area contributed by atoms with Crippen molar-refractivity contribution in [2.45, 2.75) is 66.2 Å². The average Bonchev–Trinajstić information content (AvgIpc) is 3.07. The highest BCUT2D eigenvalue weighted by Gasteiger charge is 2.23. The van der Waals surface area contributed by atoms with Gasteiger partial charge in [-0.15, -0.1) is 0 Å². The SMILES string of the molecule is CCc1ccc(/C=C2\CC/C(=C\c3ccc(CC)cc3CC)C2=O)c(CC)c1. The largest absolute Gasteiger partial charge is 0.289 e. The lowest BCUT2D eigenvalue weighted by atomic mass is 9.97. The van der Waals surface area contributed by atoms with Gasteiger partial charge in [-0.05, 0) is 84.1 Å². The summed E-state index contributed by atoms with van der Waals surface area (Å²) in [7, 11) is 0. The molecule has 1 fully saturated rings. The Morgan fingerprint density at radius 3 is 1.46 bits per heavy atom. The number of carbonyl (C=O) groups excluding carboxylic acids is 1. The maximum Gasteiger partial charge on any atom is 0.185 e. The molecular weight excluding hydrogens is 340 g/mol. The summed E-state index contributed by atoms with van der Waals surface area (Å²) in [6.07, 6.45) is 10.0. The first-order valence-electron chi connectivity index (χ1n) is 10.8. The van der Waals surface area contributed by atoms with Crippen molar-refractivity contribution in [2.75, 3.05) is 0 Å². The number of allylic oxidation sites excluding steroid dienone is 2. The normalized spacial score (nSPS) is 17.1. The monoisotopic (exact) mass is 372 g/mol. The lowest BCUT2D eigenvalue weighted by molar-refractivity contribution is -0.111. The van der Waals surface area contributed by atoms with Gasteiger partial charge in [-0.1, -0.05) is 64.1 Å². The summed E-state index contributed by atoms with van der Waals surface area (Å²) in [6.45, 7) is 8.74. The Morgan fingerprint density at radius 1 is 0.679 bits per heavy atom. The Morgan fingerprint density at radius 2 is 1.11 bits per heavy atom. The minimum Gasteiger partial charge on any atom is -0.289 e. The van der Waals surface area contributed by atoms with E-state index in [1.165, 1.54) is 33.4 Å². The van der Waals surface area contributed by atoms with Gasteiger partial charge >= 0.3 is 0 Å². The van der Waals surface area contributed by atoms with E-state index in [9.17, 15) is 4.79 Å². The Labute approximate surface area is 170 Å². The van der Waals surface area contributed by atoms with Crippen molar-refractivity contribution in [3.05, 3.63) is 80.9 Å². The third-order valence-electron chi connectivity index (χ3n) is 5.90. The van der Waals surface area contributed by atoms with Crippen LogP contribution in [-0.4, -0.2) is 5.78 Å². The van der Waals surface area contributed by atoms with Gasteiger partial charge in [0, 0.05) is 11.1 Å². The molecule has 0 unspecified atom stereocenters. The van der Waals surface area contributed by atoms with E-state index < -0.39 is 0 Å². The second kappa shape index (κ2) is 9.19. The molecule has 146 valence electrons. The molecule has 2 aromatic rings. The molecule has 0 amide bonds. The third-order valence-corrected chi connectivity index (χ3v) is 5.90. The molecule has 2 aromatic carbocycles. The van der Waals surface area contributed by atoms with E-state index in [4.69, 9.17) is 0 Å². The van der Waals surface area contributed by atoms with Gasteiger partial charge in [-0.3, -0.25) is 4.79 Å². The van der Waals surface area contributed by atoms with Gasteiger partial charge in [0.2, 0.25) is 0 Å². The number of ketones is 1. The van der Waals surface area contributed by atoms with Crippen LogP contribution in [0.5, 0.6) is 0 Å². The summed E-state index contributed by atoms with van der Waals surface area (Å²) in [5.74, 6) is 0.225. The second-order valence-corrected chi connectivity index (χ2v) is 7.65. The van der Waals surface area contributed by atoms with Gasteiger partial charge in [0.15, 0.2) is 5.78 Å². The van der Waals surface area contributed by atoms with Gasteiger partial charge in [0.25, 0.3) is 0 Å². The zero-order chi connectivity index (χ0) is 20.1. The van der Waals surface area contributed by atoms with Crippen molar-refractivity contribution in [1.82, 2.24) is 0 Å². The van der Waals surface area contributed by atoms with Crippen LogP contribution < -0.4 is 0 Å². The highest BCUT2D eigenvalue weighted by Crippen LogP contribution is 2.31. The fourth-order valence-corrected chi connectivity index (χ4v) is 4.01. The fraction of sp³-hybridized carbons (Fsp3) is 0.370. The molecule has 1 nitrogen and oxygen atoms in total. The molecule has 3 rings (SSSR count). The number of hydrogen-bond acceptors (Lipinski definition) is 1. The molecule has 1 aliphatic carbocycles. The number of Topliss-reactive ketones (excluding diaryl/α,β-unsaturated/α-hetero) is 1. The maximum atomic E-state index is 13.0. The summed E-state index contributed by atoms with van der Waals surface area (Å²) in [4.78, 5) is 13.0. The van der Waals surface area contributed by atoms with E-state index in [2.05, 4.69) is 76.2 Å². The smallest absolute Gasteiger partial charge is 0.185 e. The van der Waals surface area contributed by atoms with Crippen molar-refractivity contribution in [3.8, 4) is 0 Å². The second-order valence-electron chi connectivity index (χ2n) is 7.65. The van der Waals surface area contributed by atoms with Gasteiger partial charge in [0.1, 0.15) is 0 Å². The molecule has 0 saturated heterocycles. The summed E-state index contributed by atoms with van der Waals surface area (Å²) < 4.78 is 0. The predicted octanol–water partition coefficient (Wildman–Crippen LogP) is 6.77. The van der Waals surface area contributed by atoms with E-state index >= 15 is 0 Å². The minimum atomic E-state index is 0.225. The lowest BCUT2D eigenvalue weighted by Gasteiger charge is -2.08. The first kappa shape index (κ1) is 20.3.